The number of benzene rings is 1. The van der Waals surface area contributed by atoms with Crippen molar-refractivity contribution in [1.82, 2.24) is 5.32 Å². The van der Waals surface area contributed by atoms with E-state index in [0.29, 0.717) is 28.6 Å². The smallest absolute Gasteiger partial charge is 0.303 e. The van der Waals surface area contributed by atoms with Crippen LogP contribution < -0.4 is 5.32 Å². The van der Waals surface area contributed by atoms with Crippen LogP contribution in [-0.4, -0.2) is 23.5 Å². The molecule has 6 heteroatoms. The van der Waals surface area contributed by atoms with Gasteiger partial charge in [-0.3, -0.25) is 9.59 Å². The maximum Gasteiger partial charge on any atom is 0.303 e. The molecule has 4 nitrogen and oxygen atoms in total. The highest BCUT2D eigenvalue weighted by Gasteiger charge is 2.10. The summed E-state index contributed by atoms with van der Waals surface area (Å²) in [6.07, 6.45) is 0.832. The first-order chi connectivity index (χ1) is 9.38. The van der Waals surface area contributed by atoms with Crippen molar-refractivity contribution in [3.63, 3.8) is 0 Å². The first kappa shape index (κ1) is 16.8. The standard InChI is InChI=1S/C14H17Cl2NO3/c1-9(2-5-14(19)20)8-17-13(18)6-10-3-4-11(15)7-12(10)16/h3-4,7,9H,2,5-6,8H2,1H3,(H,17,18)(H,19,20). The Morgan fingerprint density at radius 3 is 2.65 bits per heavy atom. The van der Waals surface area contributed by atoms with Crippen molar-refractivity contribution in [3.8, 4) is 0 Å². The van der Waals surface area contributed by atoms with Gasteiger partial charge in [0.05, 0.1) is 6.42 Å². The van der Waals surface area contributed by atoms with Crippen molar-refractivity contribution in [2.45, 2.75) is 26.2 Å². The molecule has 20 heavy (non-hydrogen) atoms. The monoisotopic (exact) mass is 317 g/mol. The number of nitrogens with one attached hydrogen (secondary N) is 1. The van der Waals surface area contributed by atoms with Crippen LogP contribution in [0.2, 0.25) is 10.0 Å². The van der Waals surface area contributed by atoms with E-state index in [1.165, 1.54) is 0 Å². The molecule has 0 aliphatic rings. The van der Waals surface area contributed by atoms with Gasteiger partial charge in [-0.25, -0.2) is 0 Å². The van der Waals surface area contributed by atoms with Gasteiger partial charge in [-0.2, -0.15) is 0 Å². The van der Waals surface area contributed by atoms with Crippen LogP contribution >= 0.6 is 23.2 Å². The molecule has 0 heterocycles. The Labute approximate surface area is 128 Å². The number of carboxylic acids is 1. The lowest BCUT2D eigenvalue weighted by atomic mass is 10.1. The average molecular weight is 318 g/mol. The molecule has 0 saturated carbocycles. The molecule has 110 valence electrons. The number of amides is 1. The van der Waals surface area contributed by atoms with Gasteiger partial charge in [0.2, 0.25) is 5.91 Å². The van der Waals surface area contributed by atoms with Gasteiger partial charge in [0, 0.05) is 23.0 Å². The van der Waals surface area contributed by atoms with Crippen LogP contribution in [0.1, 0.15) is 25.3 Å². The Morgan fingerprint density at radius 1 is 1.35 bits per heavy atom. The second-order valence-corrected chi connectivity index (χ2v) is 5.60. The molecule has 0 aliphatic heterocycles. The molecule has 0 fully saturated rings. The Morgan fingerprint density at radius 2 is 2.05 bits per heavy atom. The van der Waals surface area contributed by atoms with E-state index < -0.39 is 5.97 Å². The molecule has 0 aromatic heterocycles. The van der Waals surface area contributed by atoms with Crippen molar-refractivity contribution in [2.24, 2.45) is 5.92 Å². The van der Waals surface area contributed by atoms with Gasteiger partial charge < -0.3 is 10.4 Å². The predicted octanol–water partition coefficient (Wildman–Crippen LogP) is 3.15. The Kier molecular flexibility index (Phi) is 6.82. The van der Waals surface area contributed by atoms with E-state index in [2.05, 4.69) is 5.32 Å². The number of hydrogen-bond donors (Lipinski definition) is 2. The third-order valence-electron chi connectivity index (χ3n) is 2.86. The zero-order valence-corrected chi connectivity index (χ0v) is 12.7. The molecule has 1 amide bonds. The zero-order valence-electron chi connectivity index (χ0n) is 11.2. The predicted molar refractivity (Wildman–Crippen MR) is 79.2 cm³/mol. The van der Waals surface area contributed by atoms with Crippen LogP contribution in [0.15, 0.2) is 18.2 Å². The molecule has 1 aromatic carbocycles. The van der Waals surface area contributed by atoms with E-state index in [1.54, 1.807) is 18.2 Å². The Balaban J connectivity index is 2.38. The van der Waals surface area contributed by atoms with Crippen LogP contribution in [0.25, 0.3) is 0 Å². The van der Waals surface area contributed by atoms with Gasteiger partial charge in [-0.1, -0.05) is 36.2 Å². The fourth-order valence-corrected chi connectivity index (χ4v) is 2.14. The molecule has 0 saturated heterocycles. The normalized spacial score (nSPS) is 11.9. The second kappa shape index (κ2) is 8.12. The molecular formula is C14H17Cl2NO3. The number of rotatable bonds is 7. The Hall–Kier alpha value is -1.26. The maximum absolute atomic E-state index is 11.8. The molecule has 0 bridgehead atoms. The van der Waals surface area contributed by atoms with Gasteiger partial charge in [-0.15, -0.1) is 0 Å². The highest BCUT2D eigenvalue weighted by Crippen LogP contribution is 2.21. The van der Waals surface area contributed by atoms with Crippen molar-refractivity contribution < 1.29 is 14.7 Å². The summed E-state index contributed by atoms with van der Waals surface area (Å²) in [4.78, 5) is 22.2. The molecule has 1 atom stereocenters. The highest BCUT2D eigenvalue weighted by atomic mass is 35.5. The van der Waals surface area contributed by atoms with Gasteiger partial charge in [-0.05, 0) is 30.0 Å². The van der Waals surface area contributed by atoms with Gasteiger partial charge in [0.1, 0.15) is 0 Å². The number of aliphatic carboxylic acids is 1. The van der Waals surface area contributed by atoms with E-state index in [1.807, 2.05) is 6.92 Å². The van der Waals surface area contributed by atoms with Crippen LogP contribution in [-0.2, 0) is 16.0 Å². The molecule has 2 N–H and O–H groups in total. The van der Waals surface area contributed by atoms with Gasteiger partial charge >= 0.3 is 5.97 Å². The van der Waals surface area contributed by atoms with E-state index in [-0.39, 0.29) is 24.7 Å². The van der Waals surface area contributed by atoms with Crippen molar-refractivity contribution in [3.05, 3.63) is 33.8 Å². The minimum absolute atomic E-state index is 0.111. The lowest BCUT2D eigenvalue weighted by molar-refractivity contribution is -0.137. The molecule has 0 aliphatic carbocycles. The fourth-order valence-electron chi connectivity index (χ4n) is 1.66. The molecule has 0 radical (unpaired) electrons. The first-order valence-electron chi connectivity index (χ1n) is 6.31. The van der Waals surface area contributed by atoms with Crippen molar-refractivity contribution in [2.75, 3.05) is 6.54 Å². The summed E-state index contributed by atoms with van der Waals surface area (Å²) in [5, 5.41) is 12.3. The quantitative estimate of drug-likeness (QED) is 0.811. The highest BCUT2D eigenvalue weighted by molar-refractivity contribution is 6.35. The minimum Gasteiger partial charge on any atom is -0.481 e. The summed E-state index contributed by atoms with van der Waals surface area (Å²) in [5.74, 6) is -0.844. The topological polar surface area (TPSA) is 66.4 Å². The van der Waals surface area contributed by atoms with E-state index in [0.717, 1.165) is 0 Å². The summed E-state index contributed by atoms with van der Waals surface area (Å²) in [7, 11) is 0. The van der Waals surface area contributed by atoms with Crippen molar-refractivity contribution >= 4 is 35.1 Å². The number of carbonyl (C=O) groups is 2. The lowest BCUT2D eigenvalue weighted by Crippen LogP contribution is -2.29. The van der Waals surface area contributed by atoms with Crippen LogP contribution in [0.5, 0.6) is 0 Å². The third kappa shape index (κ3) is 6.26. The number of halogens is 2. The summed E-state index contributed by atoms with van der Waals surface area (Å²) >= 11 is 11.8. The van der Waals surface area contributed by atoms with E-state index in [9.17, 15) is 9.59 Å². The van der Waals surface area contributed by atoms with E-state index >= 15 is 0 Å². The molecule has 1 aromatic rings. The fraction of sp³-hybridized carbons (Fsp3) is 0.429. The molecule has 1 rings (SSSR count). The molecular weight excluding hydrogens is 301 g/mol. The summed E-state index contributed by atoms with van der Waals surface area (Å²) in [6.45, 7) is 2.36. The maximum atomic E-state index is 11.8. The molecule has 1 unspecified atom stereocenters. The average Bonchev–Trinajstić information content (AvgIpc) is 2.37. The van der Waals surface area contributed by atoms with Gasteiger partial charge in [0.25, 0.3) is 0 Å². The summed E-state index contributed by atoms with van der Waals surface area (Å²) < 4.78 is 0. The largest absolute Gasteiger partial charge is 0.481 e. The summed E-state index contributed by atoms with van der Waals surface area (Å²) in [6, 6.07) is 5.00. The van der Waals surface area contributed by atoms with Crippen molar-refractivity contribution in [1.29, 1.82) is 0 Å². The first-order valence-corrected chi connectivity index (χ1v) is 7.06. The number of carboxylic acid groups (broad SMARTS) is 1. The summed E-state index contributed by atoms with van der Waals surface area (Å²) in [5.41, 5.74) is 0.715. The Bertz CT molecular complexity index is 491. The number of carbonyl (C=O) groups excluding carboxylic acids is 1. The van der Waals surface area contributed by atoms with E-state index in [4.69, 9.17) is 28.3 Å². The number of hydrogen-bond acceptors (Lipinski definition) is 2. The third-order valence-corrected chi connectivity index (χ3v) is 3.45. The minimum atomic E-state index is -0.823. The second-order valence-electron chi connectivity index (χ2n) is 4.75. The van der Waals surface area contributed by atoms with Crippen LogP contribution in [0, 0.1) is 5.92 Å². The van der Waals surface area contributed by atoms with Crippen LogP contribution in [0.3, 0.4) is 0 Å². The van der Waals surface area contributed by atoms with Gasteiger partial charge in [0.15, 0.2) is 0 Å². The zero-order chi connectivity index (χ0) is 15.1. The molecule has 0 spiro atoms. The SMILES string of the molecule is CC(CCC(=O)O)CNC(=O)Cc1ccc(Cl)cc1Cl. The van der Waals surface area contributed by atoms with Crippen LogP contribution in [0.4, 0.5) is 0 Å². The lowest BCUT2D eigenvalue weighted by Gasteiger charge is -2.12.